The number of benzene rings is 1. The summed E-state index contributed by atoms with van der Waals surface area (Å²) in [6, 6.07) is 4.25. The number of hydrogen-bond donors (Lipinski definition) is 0. The maximum absolute atomic E-state index is 13.1. The molecule has 6 heteroatoms. The molecule has 1 aromatic heterocycles. The molecule has 0 unspecified atom stereocenters. The fraction of sp³-hybridized carbons (Fsp3) is 0.143. The monoisotopic (exact) mass is 272 g/mol. The molecule has 0 saturated carbocycles. The molecule has 0 atom stereocenters. The van der Waals surface area contributed by atoms with Gasteiger partial charge in [0.25, 0.3) is 0 Å². The third kappa shape index (κ3) is 2.69. The number of aldehydes is 1. The number of halogens is 1. The zero-order valence-corrected chi connectivity index (χ0v) is 11.2. The van der Waals surface area contributed by atoms with Gasteiger partial charge in [0.2, 0.25) is 0 Å². The van der Waals surface area contributed by atoms with E-state index in [1.165, 1.54) is 16.8 Å². The van der Waals surface area contributed by atoms with Crippen LogP contribution in [0.5, 0.6) is 0 Å². The van der Waals surface area contributed by atoms with E-state index in [9.17, 15) is 9.18 Å². The lowest BCUT2D eigenvalue weighted by atomic mass is 9.99. The molecule has 0 aliphatic carbocycles. The first-order valence-corrected chi connectivity index (χ1v) is 5.88. The fourth-order valence-corrected chi connectivity index (χ4v) is 1.88. The molecule has 0 spiro atoms. The van der Waals surface area contributed by atoms with Gasteiger partial charge < -0.3 is 0 Å². The molecular weight excluding hydrogens is 259 g/mol. The van der Waals surface area contributed by atoms with Crippen LogP contribution >= 0.6 is 0 Å². The first-order valence-electron chi connectivity index (χ1n) is 5.88. The number of allylic oxidation sites excluding steroid dienone is 3. The molecule has 0 saturated heterocycles. The number of aryl methyl sites for hydroxylation is 2. The molecule has 0 aliphatic heterocycles. The summed E-state index contributed by atoms with van der Waals surface area (Å²) in [5, 5.41) is 11.0. The predicted octanol–water partition coefficient (Wildman–Crippen LogP) is 1.95. The molecular formula is C14H13FN4O. The van der Waals surface area contributed by atoms with Crippen LogP contribution in [0.3, 0.4) is 0 Å². The van der Waals surface area contributed by atoms with Crippen molar-refractivity contribution in [3.05, 3.63) is 53.6 Å². The van der Waals surface area contributed by atoms with Crippen molar-refractivity contribution in [2.45, 2.75) is 6.92 Å². The average Bonchev–Trinajstić information content (AvgIpc) is 2.83. The van der Waals surface area contributed by atoms with Gasteiger partial charge in [0, 0.05) is 18.2 Å². The van der Waals surface area contributed by atoms with Crippen LogP contribution in [-0.4, -0.2) is 26.5 Å². The Morgan fingerprint density at radius 2 is 2.20 bits per heavy atom. The van der Waals surface area contributed by atoms with Crippen LogP contribution in [-0.2, 0) is 11.8 Å². The number of rotatable bonds is 4. The lowest BCUT2D eigenvalue weighted by Crippen LogP contribution is -1.98. The van der Waals surface area contributed by atoms with Gasteiger partial charge in [0.1, 0.15) is 5.82 Å². The summed E-state index contributed by atoms with van der Waals surface area (Å²) in [6.45, 7) is 5.58. The molecule has 0 aliphatic rings. The summed E-state index contributed by atoms with van der Waals surface area (Å²) in [5.41, 5.74) is 2.23. The van der Waals surface area contributed by atoms with Gasteiger partial charge in [-0.15, -0.1) is 5.10 Å². The zero-order valence-electron chi connectivity index (χ0n) is 11.2. The van der Waals surface area contributed by atoms with Crippen molar-refractivity contribution in [3.63, 3.8) is 0 Å². The van der Waals surface area contributed by atoms with Gasteiger partial charge in [-0.1, -0.05) is 12.6 Å². The second-order valence-corrected chi connectivity index (χ2v) is 4.33. The normalized spacial score (nSPS) is 11.4. The van der Waals surface area contributed by atoms with Crippen molar-refractivity contribution >= 4 is 17.4 Å². The number of hydrogen-bond acceptors (Lipinski definition) is 4. The summed E-state index contributed by atoms with van der Waals surface area (Å²) in [5.74, 6) is 0.122. The number of tetrazole rings is 1. The minimum absolute atomic E-state index is 0.340. The maximum Gasteiger partial charge on any atom is 0.181 e. The summed E-state index contributed by atoms with van der Waals surface area (Å²) >= 11 is 0. The minimum atomic E-state index is -0.340. The molecule has 0 N–H and O–H groups in total. The second kappa shape index (κ2) is 5.56. The van der Waals surface area contributed by atoms with Crippen molar-refractivity contribution in [1.82, 2.24) is 20.2 Å². The van der Waals surface area contributed by atoms with E-state index in [4.69, 9.17) is 0 Å². The average molecular weight is 272 g/mol. The molecule has 5 nitrogen and oxygen atoms in total. The zero-order chi connectivity index (χ0) is 14.7. The highest BCUT2D eigenvalue weighted by Crippen LogP contribution is 2.21. The summed E-state index contributed by atoms with van der Waals surface area (Å²) in [6.07, 6.45) is 2.29. The SMILES string of the molecule is C=C(C=C(C=O)c1ccc(F)cc1C)c1nnnn1C. The van der Waals surface area contributed by atoms with Gasteiger partial charge >= 0.3 is 0 Å². The van der Waals surface area contributed by atoms with Crippen LogP contribution in [0.4, 0.5) is 4.39 Å². The minimum Gasteiger partial charge on any atom is -0.298 e. The predicted molar refractivity (Wildman–Crippen MR) is 73.0 cm³/mol. The van der Waals surface area contributed by atoms with Gasteiger partial charge in [0.15, 0.2) is 12.1 Å². The van der Waals surface area contributed by atoms with Crippen molar-refractivity contribution in [2.75, 3.05) is 0 Å². The molecule has 20 heavy (non-hydrogen) atoms. The second-order valence-electron chi connectivity index (χ2n) is 4.33. The summed E-state index contributed by atoms with van der Waals surface area (Å²) in [4.78, 5) is 11.3. The van der Waals surface area contributed by atoms with E-state index < -0.39 is 0 Å². The quantitative estimate of drug-likeness (QED) is 0.485. The van der Waals surface area contributed by atoms with E-state index in [1.807, 2.05) is 0 Å². The Balaban J connectivity index is 2.42. The van der Waals surface area contributed by atoms with Crippen LogP contribution in [0.2, 0.25) is 0 Å². The van der Waals surface area contributed by atoms with E-state index in [-0.39, 0.29) is 5.82 Å². The molecule has 0 amide bonds. The first-order chi connectivity index (χ1) is 9.52. The Kier molecular flexibility index (Phi) is 3.84. The van der Waals surface area contributed by atoms with Crippen molar-refractivity contribution < 1.29 is 9.18 Å². The topological polar surface area (TPSA) is 60.7 Å². The molecule has 0 radical (unpaired) electrons. The summed E-state index contributed by atoms with van der Waals surface area (Å²) in [7, 11) is 1.68. The number of carbonyl (C=O) groups excluding carboxylic acids is 1. The standard InChI is InChI=1S/C14H13FN4O/c1-9-7-12(15)4-5-13(9)11(8-20)6-10(2)14-16-17-18-19(14)3/h4-8H,2H2,1,3H3. The lowest BCUT2D eigenvalue weighted by Gasteiger charge is -2.06. The van der Waals surface area contributed by atoms with Crippen molar-refractivity contribution in [1.29, 1.82) is 0 Å². The van der Waals surface area contributed by atoms with Crippen LogP contribution in [0.25, 0.3) is 11.1 Å². The van der Waals surface area contributed by atoms with E-state index in [1.54, 1.807) is 26.1 Å². The van der Waals surface area contributed by atoms with Gasteiger partial charge in [0.05, 0.1) is 0 Å². The highest BCUT2D eigenvalue weighted by Gasteiger charge is 2.09. The Labute approximate surface area is 115 Å². The highest BCUT2D eigenvalue weighted by molar-refractivity contribution is 6.10. The molecule has 102 valence electrons. The molecule has 1 aromatic carbocycles. The number of carbonyl (C=O) groups is 1. The van der Waals surface area contributed by atoms with Crippen LogP contribution in [0.1, 0.15) is 17.0 Å². The van der Waals surface area contributed by atoms with E-state index >= 15 is 0 Å². The lowest BCUT2D eigenvalue weighted by molar-refractivity contribution is -0.103. The summed E-state index contributed by atoms with van der Waals surface area (Å²) < 4.78 is 14.6. The van der Waals surface area contributed by atoms with Gasteiger partial charge in [-0.05, 0) is 46.7 Å². The third-order valence-electron chi connectivity index (χ3n) is 2.86. The smallest absolute Gasteiger partial charge is 0.181 e. The molecule has 0 bridgehead atoms. The Morgan fingerprint density at radius 1 is 1.45 bits per heavy atom. The van der Waals surface area contributed by atoms with Gasteiger partial charge in [-0.3, -0.25) is 4.79 Å². The molecule has 2 rings (SSSR count). The Hall–Kier alpha value is -2.63. The first kappa shape index (κ1) is 13.8. The van der Waals surface area contributed by atoms with Crippen LogP contribution in [0, 0.1) is 12.7 Å². The number of nitrogens with zero attached hydrogens (tertiary/aromatic N) is 4. The Bertz CT molecular complexity index is 703. The Morgan fingerprint density at radius 3 is 2.75 bits per heavy atom. The van der Waals surface area contributed by atoms with Crippen molar-refractivity contribution in [3.8, 4) is 0 Å². The van der Waals surface area contributed by atoms with E-state index in [2.05, 4.69) is 22.1 Å². The van der Waals surface area contributed by atoms with Crippen molar-refractivity contribution in [2.24, 2.45) is 7.05 Å². The van der Waals surface area contributed by atoms with Crippen LogP contribution < -0.4 is 0 Å². The van der Waals surface area contributed by atoms with Crippen LogP contribution in [0.15, 0.2) is 30.9 Å². The van der Waals surface area contributed by atoms with E-state index in [0.29, 0.717) is 34.4 Å². The third-order valence-corrected chi connectivity index (χ3v) is 2.86. The molecule has 2 aromatic rings. The van der Waals surface area contributed by atoms with Gasteiger partial charge in [-0.2, -0.15) is 0 Å². The molecule has 0 fully saturated rings. The number of aromatic nitrogens is 4. The fourth-order valence-electron chi connectivity index (χ4n) is 1.88. The van der Waals surface area contributed by atoms with E-state index in [0.717, 1.165) is 0 Å². The van der Waals surface area contributed by atoms with Gasteiger partial charge in [-0.25, -0.2) is 9.07 Å². The highest BCUT2D eigenvalue weighted by atomic mass is 19.1. The molecule has 1 heterocycles. The largest absolute Gasteiger partial charge is 0.298 e. The maximum atomic E-state index is 13.1.